The lowest BCUT2D eigenvalue weighted by Crippen LogP contribution is -2.14. The fraction of sp³-hybridized carbons (Fsp3) is 0.333. The molecule has 0 N–H and O–H groups in total. The molecule has 92 valence electrons. The van der Waals surface area contributed by atoms with Gasteiger partial charge in [0.2, 0.25) is 0 Å². The summed E-state index contributed by atoms with van der Waals surface area (Å²) >= 11 is 1.60. The average molecular weight is 256 g/mol. The Morgan fingerprint density at radius 3 is 2.61 bits per heavy atom. The molecule has 0 spiro atoms. The molecule has 0 unspecified atom stereocenters. The molecular weight excluding hydrogens is 240 g/mol. The maximum atomic E-state index is 9.13. The van der Waals surface area contributed by atoms with Crippen LogP contribution in [0.4, 0.5) is 0 Å². The molecule has 2 rings (SSSR count). The molecule has 1 aromatic carbocycles. The molecule has 0 saturated carbocycles. The Labute approximate surface area is 112 Å². The molecule has 0 fully saturated rings. The Kier molecular flexibility index (Phi) is 3.23. The van der Waals surface area contributed by atoms with Crippen molar-refractivity contribution in [2.75, 3.05) is 0 Å². The van der Waals surface area contributed by atoms with Gasteiger partial charge in [0.15, 0.2) is 0 Å². The number of thiazole rings is 1. The van der Waals surface area contributed by atoms with Crippen LogP contribution in [0.3, 0.4) is 0 Å². The summed E-state index contributed by atoms with van der Waals surface area (Å²) in [6, 6.07) is 8.65. The summed E-state index contributed by atoms with van der Waals surface area (Å²) in [5.41, 5.74) is 3.97. The minimum absolute atomic E-state index is 0.520. The number of aryl methyl sites for hydroxylation is 2. The Morgan fingerprint density at radius 1 is 1.28 bits per heavy atom. The summed E-state index contributed by atoms with van der Waals surface area (Å²) in [6.45, 7) is 7.98. The summed E-state index contributed by atoms with van der Waals surface area (Å²) in [5.74, 6) is 0. The van der Waals surface area contributed by atoms with Crippen LogP contribution in [-0.4, -0.2) is 4.98 Å². The zero-order valence-electron chi connectivity index (χ0n) is 11.1. The average Bonchev–Trinajstić information content (AvgIpc) is 2.79. The molecule has 1 aromatic heterocycles. The fourth-order valence-electron chi connectivity index (χ4n) is 1.80. The lowest BCUT2D eigenvalue weighted by molar-refractivity contribution is 0.666. The first-order valence-corrected chi connectivity index (χ1v) is 6.77. The number of hydrogen-bond donors (Lipinski definition) is 0. The summed E-state index contributed by atoms with van der Waals surface area (Å²) < 4.78 is 0. The number of rotatable bonds is 2. The first-order valence-electron chi connectivity index (χ1n) is 5.89. The second kappa shape index (κ2) is 4.55. The predicted octanol–water partition coefficient (Wildman–Crippen LogP) is 4.23. The minimum atomic E-state index is -0.520. The summed E-state index contributed by atoms with van der Waals surface area (Å²) in [6.07, 6.45) is 0. The number of benzene rings is 1. The molecule has 2 aromatic rings. The Hall–Kier alpha value is -1.66. The lowest BCUT2D eigenvalue weighted by atomic mass is 9.92. The third-order valence-corrected chi connectivity index (χ3v) is 3.91. The van der Waals surface area contributed by atoms with Gasteiger partial charge in [-0.05, 0) is 33.3 Å². The molecule has 18 heavy (non-hydrogen) atoms. The third kappa shape index (κ3) is 2.30. The van der Waals surface area contributed by atoms with Gasteiger partial charge in [-0.15, -0.1) is 11.3 Å². The van der Waals surface area contributed by atoms with Crippen molar-refractivity contribution in [3.8, 4) is 16.6 Å². The van der Waals surface area contributed by atoms with Gasteiger partial charge in [0.05, 0.1) is 17.2 Å². The topological polar surface area (TPSA) is 36.7 Å². The predicted molar refractivity (Wildman–Crippen MR) is 75.7 cm³/mol. The van der Waals surface area contributed by atoms with Crippen molar-refractivity contribution in [1.82, 2.24) is 4.98 Å². The molecule has 0 amide bonds. The molecule has 2 nitrogen and oxygen atoms in total. The van der Waals surface area contributed by atoms with Gasteiger partial charge in [0.1, 0.15) is 5.01 Å². The van der Waals surface area contributed by atoms with Crippen LogP contribution in [0.5, 0.6) is 0 Å². The van der Waals surface area contributed by atoms with E-state index in [1.807, 2.05) is 19.2 Å². The zero-order valence-corrected chi connectivity index (χ0v) is 11.9. The van der Waals surface area contributed by atoms with Crippen LogP contribution in [0, 0.1) is 25.2 Å². The van der Waals surface area contributed by atoms with Crippen LogP contribution in [0.1, 0.15) is 30.7 Å². The van der Waals surface area contributed by atoms with Crippen molar-refractivity contribution in [2.24, 2.45) is 0 Å². The largest absolute Gasteiger partial charge is 0.239 e. The number of nitriles is 1. The Bertz CT molecular complexity index is 618. The van der Waals surface area contributed by atoms with Crippen LogP contribution < -0.4 is 0 Å². The van der Waals surface area contributed by atoms with E-state index in [2.05, 4.69) is 43.1 Å². The summed E-state index contributed by atoms with van der Waals surface area (Å²) in [7, 11) is 0. The Morgan fingerprint density at radius 2 is 2.00 bits per heavy atom. The molecule has 0 bridgehead atoms. The highest BCUT2D eigenvalue weighted by molar-refractivity contribution is 7.13. The maximum Gasteiger partial charge on any atom is 0.123 e. The van der Waals surface area contributed by atoms with Crippen LogP contribution in [-0.2, 0) is 5.41 Å². The smallest absolute Gasteiger partial charge is 0.123 e. The van der Waals surface area contributed by atoms with Gasteiger partial charge in [-0.25, -0.2) is 4.98 Å². The molecule has 0 aliphatic carbocycles. The van der Waals surface area contributed by atoms with E-state index in [9.17, 15) is 0 Å². The molecule has 0 atom stereocenters. The van der Waals surface area contributed by atoms with Crippen molar-refractivity contribution in [1.29, 1.82) is 5.26 Å². The van der Waals surface area contributed by atoms with Crippen LogP contribution in [0.2, 0.25) is 0 Å². The fourth-order valence-corrected chi connectivity index (χ4v) is 2.87. The highest BCUT2D eigenvalue weighted by atomic mass is 32.1. The number of aromatic nitrogens is 1. The first kappa shape index (κ1) is 12.8. The van der Waals surface area contributed by atoms with E-state index in [0.717, 1.165) is 16.3 Å². The number of nitrogens with zero attached hydrogens (tertiary/aromatic N) is 2. The van der Waals surface area contributed by atoms with Gasteiger partial charge in [-0.3, -0.25) is 0 Å². The van der Waals surface area contributed by atoms with E-state index in [1.165, 1.54) is 11.1 Å². The zero-order chi connectivity index (χ0) is 13.3. The van der Waals surface area contributed by atoms with Crippen molar-refractivity contribution in [3.63, 3.8) is 0 Å². The van der Waals surface area contributed by atoms with Crippen LogP contribution >= 0.6 is 11.3 Å². The summed E-state index contributed by atoms with van der Waals surface area (Å²) in [5, 5.41) is 12.1. The van der Waals surface area contributed by atoms with Crippen molar-refractivity contribution in [3.05, 3.63) is 40.4 Å². The van der Waals surface area contributed by atoms with Crippen LogP contribution in [0.25, 0.3) is 10.6 Å². The lowest BCUT2D eigenvalue weighted by Gasteiger charge is -2.10. The van der Waals surface area contributed by atoms with Gasteiger partial charge >= 0.3 is 0 Å². The standard InChI is InChI=1S/C15H16N2S/c1-10-5-6-12(11(2)7-10)14-17-13(8-18-14)15(3,4)9-16/h5-8H,1-4H3. The van der Waals surface area contributed by atoms with Gasteiger partial charge in [0, 0.05) is 10.9 Å². The van der Waals surface area contributed by atoms with Gasteiger partial charge in [-0.2, -0.15) is 5.26 Å². The molecule has 3 heteroatoms. The van der Waals surface area contributed by atoms with E-state index in [0.29, 0.717) is 0 Å². The third-order valence-electron chi connectivity index (χ3n) is 3.04. The van der Waals surface area contributed by atoms with Crippen molar-refractivity contribution < 1.29 is 0 Å². The molecule has 0 aliphatic rings. The number of hydrogen-bond acceptors (Lipinski definition) is 3. The van der Waals surface area contributed by atoms with Crippen molar-refractivity contribution >= 4 is 11.3 Å². The van der Waals surface area contributed by atoms with Crippen molar-refractivity contribution in [2.45, 2.75) is 33.1 Å². The van der Waals surface area contributed by atoms with Gasteiger partial charge in [-0.1, -0.05) is 23.8 Å². The second-order valence-electron chi connectivity index (χ2n) is 5.09. The Balaban J connectivity index is 2.45. The van der Waals surface area contributed by atoms with Gasteiger partial charge in [0.25, 0.3) is 0 Å². The monoisotopic (exact) mass is 256 g/mol. The van der Waals surface area contributed by atoms with E-state index >= 15 is 0 Å². The summed E-state index contributed by atoms with van der Waals surface area (Å²) in [4.78, 5) is 4.61. The highest BCUT2D eigenvalue weighted by Gasteiger charge is 2.23. The molecular formula is C15H16N2S. The molecule has 0 aliphatic heterocycles. The molecule has 0 radical (unpaired) electrons. The normalized spacial score (nSPS) is 11.3. The highest BCUT2D eigenvalue weighted by Crippen LogP contribution is 2.31. The van der Waals surface area contributed by atoms with E-state index in [-0.39, 0.29) is 0 Å². The first-order chi connectivity index (χ1) is 8.44. The van der Waals surface area contributed by atoms with E-state index in [1.54, 1.807) is 11.3 Å². The minimum Gasteiger partial charge on any atom is -0.239 e. The van der Waals surface area contributed by atoms with E-state index in [4.69, 9.17) is 5.26 Å². The SMILES string of the molecule is Cc1ccc(-c2nc(C(C)(C)C#N)cs2)c(C)c1. The van der Waals surface area contributed by atoms with E-state index < -0.39 is 5.41 Å². The second-order valence-corrected chi connectivity index (χ2v) is 5.95. The molecule has 0 saturated heterocycles. The quantitative estimate of drug-likeness (QED) is 0.806. The van der Waals surface area contributed by atoms with Gasteiger partial charge < -0.3 is 0 Å². The van der Waals surface area contributed by atoms with Crippen LogP contribution in [0.15, 0.2) is 23.6 Å². The molecule has 1 heterocycles. The maximum absolute atomic E-state index is 9.13.